The van der Waals surface area contributed by atoms with E-state index in [-0.39, 0.29) is 30.3 Å². The molecule has 0 atom stereocenters. The minimum atomic E-state index is -0.312. The van der Waals surface area contributed by atoms with Crippen LogP contribution in [0.2, 0.25) is 0 Å². The number of nitrogens with one attached hydrogen (secondary N) is 2. The van der Waals surface area contributed by atoms with Gasteiger partial charge >= 0.3 is 5.69 Å². The number of anilines is 2. The molecule has 3 aromatic rings. The number of aromatic nitrogens is 3. The van der Waals surface area contributed by atoms with Crippen LogP contribution in [0.15, 0.2) is 41.2 Å². The lowest BCUT2D eigenvalue weighted by Crippen LogP contribution is -2.19. The first-order valence-corrected chi connectivity index (χ1v) is 10.1. The van der Waals surface area contributed by atoms with Crippen molar-refractivity contribution in [3.05, 3.63) is 52.4 Å². The molecule has 0 spiro atoms. The van der Waals surface area contributed by atoms with Crippen molar-refractivity contribution in [1.29, 1.82) is 0 Å². The van der Waals surface area contributed by atoms with Crippen molar-refractivity contribution >= 4 is 34.5 Å². The van der Waals surface area contributed by atoms with Crippen molar-refractivity contribution in [2.75, 3.05) is 10.6 Å². The van der Waals surface area contributed by atoms with Gasteiger partial charge in [0.1, 0.15) is 5.82 Å². The van der Waals surface area contributed by atoms with Gasteiger partial charge in [-0.2, -0.15) is 0 Å². The number of benzene rings is 1. The Kier molecular flexibility index (Phi) is 6.66. The van der Waals surface area contributed by atoms with Crippen molar-refractivity contribution in [2.24, 2.45) is 14.1 Å². The number of aryl methyl sites for hydroxylation is 3. The SMILES string of the molecule is CCCCc1ccc(NC(=O)CCC(=O)Nc2ccc3c(n2)n(C)c(=O)n3C)cc1. The zero-order valence-electron chi connectivity index (χ0n) is 17.6. The number of carbonyl (C=O) groups is 2. The first kappa shape index (κ1) is 21.3. The number of amides is 2. The largest absolute Gasteiger partial charge is 0.329 e. The molecular weight excluding hydrogens is 382 g/mol. The highest BCUT2D eigenvalue weighted by Gasteiger charge is 2.12. The van der Waals surface area contributed by atoms with Crippen molar-refractivity contribution in [1.82, 2.24) is 14.1 Å². The third-order valence-electron chi connectivity index (χ3n) is 5.01. The lowest BCUT2D eigenvalue weighted by Gasteiger charge is -2.07. The summed E-state index contributed by atoms with van der Waals surface area (Å²) in [6, 6.07) is 11.2. The van der Waals surface area contributed by atoms with Crippen LogP contribution in [0.4, 0.5) is 11.5 Å². The van der Waals surface area contributed by atoms with E-state index in [1.54, 1.807) is 26.2 Å². The molecule has 1 aromatic carbocycles. The number of hydrogen-bond acceptors (Lipinski definition) is 4. The predicted molar refractivity (Wildman–Crippen MR) is 118 cm³/mol. The van der Waals surface area contributed by atoms with Gasteiger partial charge in [-0.15, -0.1) is 0 Å². The Morgan fingerprint density at radius 3 is 2.27 bits per heavy atom. The fourth-order valence-electron chi connectivity index (χ4n) is 3.23. The minimum Gasteiger partial charge on any atom is -0.326 e. The second-order valence-electron chi connectivity index (χ2n) is 7.34. The summed E-state index contributed by atoms with van der Waals surface area (Å²) in [5.74, 6) is -0.190. The molecule has 0 aliphatic heterocycles. The molecule has 0 aliphatic rings. The molecule has 30 heavy (non-hydrogen) atoms. The Bertz CT molecular complexity index is 1110. The summed E-state index contributed by atoms with van der Waals surface area (Å²) < 4.78 is 2.92. The van der Waals surface area contributed by atoms with Gasteiger partial charge in [-0.1, -0.05) is 25.5 Å². The molecule has 158 valence electrons. The van der Waals surface area contributed by atoms with Crippen LogP contribution >= 0.6 is 0 Å². The Morgan fingerprint density at radius 1 is 0.933 bits per heavy atom. The van der Waals surface area contributed by atoms with Crippen LogP contribution in [-0.4, -0.2) is 25.9 Å². The Hall–Kier alpha value is -3.42. The summed E-state index contributed by atoms with van der Waals surface area (Å²) in [4.78, 5) is 40.6. The molecule has 8 nitrogen and oxygen atoms in total. The maximum absolute atomic E-state index is 12.2. The van der Waals surface area contributed by atoms with Gasteiger partial charge in [0.25, 0.3) is 0 Å². The smallest absolute Gasteiger partial charge is 0.326 e. The molecule has 0 aliphatic carbocycles. The molecule has 0 fully saturated rings. The molecule has 2 N–H and O–H groups in total. The summed E-state index contributed by atoms with van der Waals surface area (Å²) in [7, 11) is 3.30. The standard InChI is InChI=1S/C22H27N5O3/c1-4-5-6-15-7-9-16(10-8-15)23-19(28)13-14-20(29)24-18-12-11-17-21(25-18)27(3)22(30)26(17)2/h7-12H,4-6,13-14H2,1-3H3,(H,23,28)(H,24,25,29). The van der Waals surface area contributed by atoms with E-state index in [9.17, 15) is 14.4 Å². The third kappa shape index (κ3) is 4.94. The average Bonchev–Trinajstić information content (AvgIpc) is 2.95. The highest BCUT2D eigenvalue weighted by molar-refractivity contribution is 5.96. The molecule has 8 heteroatoms. The molecule has 0 radical (unpaired) electrons. The molecular formula is C22H27N5O3. The first-order valence-electron chi connectivity index (χ1n) is 10.1. The zero-order valence-corrected chi connectivity index (χ0v) is 17.6. The van der Waals surface area contributed by atoms with Crippen LogP contribution in [0, 0.1) is 0 Å². The number of hydrogen-bond donors (Lipinski definition) is 2. The van der Waals surface area contributed by atoms with Crippen LogP contribution in [0.1, 0.15) is 38.2 Å². The predicted octanol–water partition coefficient (Wildman–Crippen LogP) is 2.97. The minimum absolute atomic E-state index is 0.0356. The fraction of sp³-hybridized carbons (Fsp3) is 0.364. The lowest BCUT2D eigenvalue weighted by molar-refractivity contribution is -0.121. The summed E-state index contributed by atoms with van der Waals surface area (Å²) >= 11 is 0. The summed E-state index contributed by atoms with van der Waals surface area (Å²) in [5.41, 5.74) is 2.95. The number of carbonyl (C=O) groups excluding carboxylic acids is 2. The number of pyridine rings is 1. The van der Waals surface area contributed by atoms with Gasteiger partial charge in [0, 0.05) is 32.6 Å². The summed E-state index contributed by atoms with van der Waals surface area (Å²) in [6.45, 7) is 2.16. The third-order valence-corrected chi connectivity index (χ3v) is 5.01. The fourth-order valence-corrected chi connectivity index (χ4v) is 3.23. The first-order chi connectivity index (χ1) is 14.4. The van der Waals surface area contributed by atoms with Crippen LogP contribution in [-0.2, 0) is 30.1 Å². The van der Waals surface area contributed by atoms with E-state index in [1.807, 2.05) is 24.3 Å². The molecule has 3 rings (SSSR count). The summed E-state index contributed by atoms with van der Waals surface area (Å²) in [5, 5.41) is 5.49. The Morgan fingerprint density at radius 2 is 1.60 bits per heavy atom. The second kappa shape index (κ2) is 9.39. The van der Waals surface area contributed by atoms with E-state index in [1.165, 1.54) is 14.7 Å². The maximum Gasteiger partial charge on any atom is 0.329 e. The van der Waals surface area contributed by atoms with E-state index in [0.29, 0.717) is 17.0 Å². The van der Waals surface area contributed by atoms with E-state index in [4.69, 9.17) is 0 Å². The molecule has 0 unspecified atom stereocenters. The highest BCUT2D eigenvalue weighted by atomic mass is 16.2. The van der Waals surface area contributed by atoms with Crippen LogP contribution in [0.3, 0.4) is 0 Å². The lowest BCUT2D eigenvalue weighted by atomic mass is 10.1. The van der Waals surface area contributed by atoms with Crippen molar-refractivity contribution in [3.8, 4) is 0 Å². The van der Waals surface area contributed by atoms with E-state index in [2.05, 4.69) is 22.5 Å². The molecule has 2 aromatic heterocycles. The van der Waals surface area contributed by atoms with E-state index < -0.39 is 0 Å². The topological polar surface area (TPSA) is 98.0 Å². The zero-order chi connectivity index (χ0) is 21.7. The van der Waals surface area contributed by atoms with Gasteiger partial charge in [-0.05, 0) is 42.7 Å². The number of fused-ring (bicyclic) bond motifs is 1. The molecule has 0 saturated carbocycles. The van der Waals surface area contributed by atoms with Crippen molar-refractivity contribution < 1.29 is 9.59 Å². The van der Waals surface area contributed by atoms with Gasteiger partial charge in [-0.3, -0.25) is 18.7 Å². The van der Waals surface area contributed by atoms with Crippen LogP contribution < -0.4 is 16.3 Å². The number of nitrogens with zero attached hydrogens (tertiary/aromatic N) is 3. The van der Waals surface area contributed by atoms with Gasteiger partial charge in [-0.25, -0.2) is 9.78 Å². The summed E-state index contributed by atoms with van der Waals surface area (Å²) in [6.07, 6.45) is 3.42. The second-order valence-corrected chi connectivity index (χ2v) is 7.34. The number of unbranched alkanes of at least 4 members (excludes halogenated alkanes) is 1. The number of rotatable bonds is 8. The highest BCUT2D eigenvalue weighted by Crippen LogP contribution is 2.14. The molecule has 2 amide bonds. The van der Waals surface area contributed by atoms with Gasteiger partial charge < -0.3 is 10.6 Å². The molecule has 0 saturated heterocycles. The van der Waals surface area contributed by atoms with E-state index in [0.717, 1.165) is 24.9 Å². The average molecular weight is 409 g/mol. The monoisotopic (exact) mass is 409 g/mol. The van der Waals surface area contributed by atoms with Crippen molar-refractivity contribution in [2.45, 2.75) is 39.0 Å². The maximum atomic E-state index is 12.2. The quantitative estimate of drug-likeness (QED) is 0.598. The molecule has 2 heterocycles. The van der Waals surface area contributed by atoms with Crippen LogP contribution in [0.5, 0.6) is 0 Å². The van der Waals surface area contributed by atoms with Gasteiger partial charge in [0.15, 0.2) is 5.65 Å². The normalized spacial score (nSPS) is 10.9. The Labute approximate surface area is 174 Å². The van der Waals surface area contributed by atoms with E-state index >= 15 is 0 Å². The van der Waals surface area contributed by atoms with Crippen molar-refractivity contribution in [3.63, 3.8) is 0 Å². The molecule has 0 bridgehead atoms. The van der Waals surface area contributed by atoms with Gasteiger partial charge in [0.05, 0.1) is 5.52 Å². The Balaban J connectivity index is 1.51. The van der Waals surface area contributed by atoms with Crippen LogP contribution in [0.25, 0.3) is 11.2 Å². The van der Waals surface area contributed by atoms with Gasteiger partial charge in [0.2, 0.25) is 11.8 Å². The number of imidazole rings is 1.